The molecular weight excluding hydrogens is 286 g/mol. The molecule has 20 heavy (non-hydrogen) atoms. The number of nitrogen functional groups attached to an aromatic ring is 1. The topological polar surface area (TPSA) is 62.7 Å². The van der Waals surface area contributed by atoms with Gasteiger partial charge in [-0.05, 0) is 40.9 Å². The summed E-state index contributed by atoms with van der Waals surface area (Å²) in [5, 5.41) is 13.4. The molecular formula is C15H11N3S2. The predicted molar refractivity (Wildman–Crippen MR) is 84.7 cm³/mol. The van der Waals surface area contributed by atoms with Crippen LogP contribution in [-0.2, 0) is 0 Å². The van der Waals surface area contributed by atoms with E-state index in [2.05, 4.69) is 28.7 Å². The van der Waals surface area contributed by atoms with E-state index in [1.165, 1.54) is 16.9 Å². The molecule has 0 aliphatic carbocycles. The molecule has 0 radical (unpaired) electrons. The van der Waals surface area contributed by atoms with Crippen LogP contribution in [0, 0.1) is 18.3 Å². The lowest BCUT2D eigenvalue weighted by Gasteiger charge is -2.05. The van der Waals surface area contributed by atoms with Crippen LogP contribution < -0.4 is 5.73 Å². The smallest absolute Gasteiger partial charge is 0.129 e. The maximum Gasteiger partial charge on any atom is 0.129 e. The normalized spacial score (nSPS) is 10.4. The van der Waals surface area contributed by atoms with Crippen LogP contribution >= 0.6 is 22.7 Å². The van der Waals surface area contributed by atoms with Gasteiger partial charge in [-0.1, -0.05) is 0 Å². The number of nitrogens with zero attached hydrogens (tertiary/aromatic N) is 2. The number of aryl methyl sites for hydroxylation is 1. The van der Waals surface area contributed by atoms with Gasteiger partial charge in [0.1, 0.15) is 10.9 Å². The fraction of sp³-hybridized carbons (Fsp3) is 0.0667. The molecule has 3 nitrogen and oxygen atoms in total. The number of pyridine rings is 1. The molecule has 0 aliphatic rings. The molecule has 0 fully saturated rings. The van der Waals surface area contributed by atoms with Crippen molar-refractivity contribution in [1.82, 2.24) is 4.98 Å². The molecule has 0 unspecified atom stereocenters. The third-order valence-electron chi connectivity index (χ3n) is 3.12. The molecule has 3 rings (SSSR count). The van der Waals surface area contributed by atoms with Crippen LogP contribution in [0.2, 0.25) is 0 Å². The van der Waals surface area contributed by atoms with Crippen molar-refractivity contribution in [3.8, 4) is 27.6 Å². The standard InChI is InChI=1S/C15H11N3S2/c1-9-7-19-8-11(9)15-13(10-2-4-18-5-3-10)14(17)12(6-16)20-15/h2-5,7-8H,17H2,1H3. The molecule has 0 aliphatic heterocycles. The molecule has 3 aromatic rings. The minimum atomic E-state index is 0.560. The van der Waals surface area contributed by atoms with Gasteiger partial charge in [-0.25, -0.2) is 0 Å². The lowest BCUT2D eigenvalue weighted by molar-refractivity contribution is 1.33. The van der Waals surface area contributed by atoms with Crippen molar-refractivity contribution in [1.29, 1.82) is 5.26 Å². The van der Waals surface area contributed by atoms with Crippen molar-refractivity contribution in [2.24, 2.45) is 0 Å². The van der Waals surface area contributed by atoms with Crippen molar-refractivity contribution < 1.29 is 0 Å². The molecule has 3 heterocycles. The number of aromatic nitrogens is 1. The summed E-state index contributed by atoms with van der Waals surface area (Å²) in [6.07, 6.45) is 3.48. The molecule has 0 saturated carbocycles. The second-order valence-electron chi connectivity index (χ2n) is 4.37. The van der Waals surface area contributed by atoms with E-state index in [1.54, 1.807) is 23.7 Å². The Balaban J connectivity index is 2.31. The lowest BCUT2D eigenvalue weighted by atomic mass is 10.0. The number of hydrogen-bond donors (Lipinski definition) is 1. The summed E-state index contributed by atoms with van der Waals surface area (Å²) >= 11 is 3.11. The molecule has 0 aromatic carbocycles. The van der Waals surface area contributed by atoms with Crippen LogP contribution in [0.3, 0.4) is 0 Å². The molecule has 0 amide bonds. The van der Waals surface area contributed by atoms with Gasteiger partial charge in [-0.2, -0.15) is 16.6 Å². The monoisotopic (exact) mass is 297 g/mol. The predicted octanol–water partition coefficient (Wildman–Crippen LogP) is 4.30. The molecule has 0 atom stereocenters. The van der Waals surface area contributed by atoms with E-state index in [4.69, 9.17) is 5.73 Å². The highest BCUT2D eigenvalue weighted by molar-refractivity contribution is 7.18. The van der Waals surface area contributed by atoms with E-state index in [0.29, 0.717) is 10.6 Å². The molecule has 2 N–H and O–H groups in total. The van der Waals surface area contributed by atoms with Gasteiger partial charge >= 0.3 is 0 Å². The minimum Gasteiger partial charge on any atom is -0.396 e. The number of anilines is 1. The van der Waals surface area contributed by atoms with E-state index < -0.39 is 0 Å². The highest BCUT2D eigenvalue weighted by Crippen LogP contribution is 2.46. The van der Waals surface area contributed by atoms with E-state index in [0.717, 1.165) is 21.6 Å². The van der Waals surface area contributed by atoms with Crippen LogP contribution in [0.4, 0.5) is 5.69 Å². The first-order valence-corrected chi connectivity index (χ1v) is 7.74. The van der Waals surface area contributed by atoms with Gasteiger partial charge in [0.25, 0.3) is 0 Å². The van der Waals surface area contributed by atoms with Gasteiger partial charge in [0, 0.05) is 28.4 Å². The second kappa shape index (κ2) is 5.08. The molecule has 98 valence electrons. The van der Waals surface area contributed by atoms with Gasteiger partial charge in [0.15, 0.2) is 0 Å². The number of nitrogens with two attached hydrogens (primary N) is 1. The first-order valence-electron chi connectivity index (χ1n) is 5.98. The van der Waals surface area contributed by atoms with E-state index in [-0.39, 0.29) is 0 Å². The van der Waals surface area contributed by atoms with Gasteiger partial charge in [0.2, 0.25) is 0 Å². The molecule has 0 bridgehead atoms. The van der Waals surface area contributed by atoms with E-state index in [1.807, 2.05) is 12.1 Å². The van der Waals surface area contributed by atoms with Crippen LogP contribution in [0.15, 0.2) is 35.3 Å². The third kappa shape index (κ3) is 1.99. The van der Waals surface area contributed by atoms with Gasteiger partial charge < -0.3 is 5.73 Å². The summed E-state index contributed by atoms with van der Waals surface area (Å²) < 4.78 is 0. The highest BCUT2D eigenvalue weighted by atomic mass is 32.1. The number of rotatable bonds is 2. The largest absolute Gasteiger partial charge is 0.396 e. The minimum absolute atomic E-state index is 0.560. The SMILES string of the molecule is Cc1cscc1-c1sc(C#N)c(N)c1-c1ccncc1. The van der Waals surface area contributed by atoms with Crippen molar-refractivity contribution in [2.75, 3.05) is 5.73 Å². The maximum absolute atomic E-state index is 9.24. The summed E-state index contributed by atoms with van der Waals surface area (Å²) in [7, 11) is 0. The maximum atomic E-state index is 9.24. The molecule has 0 spiro atoms. The fourth-order valence-corrected chi connectivity index (χ4v) is 4.15. The zero-order valence-corrected chi connectivity index (χ0v) is 12.4. The summed E-state index contributed by atoms with van der Waals surface area (Å²) in [5.41, 5.74) is 11.0. The number of hydrogen-bond acceptors (Lipinski definition) is 5. The summed E-state index contributed by atoms with van der Waals surface area (Å²) in [4.78, 5) is 5.66. The van der Waals surface area contributed by atoms with Crippen molar-refractivity contribution >= 4 is 28.4 Å². The van der Waals surface area contributed by atoms with Gasteiger partial charge in [0.05, 0.1) is 5.69 Å². The quantitative estimate of drug-likeness (QED) is 0.767. The highest BCUT2D eigenvalue weighted by Gasteiger charge is 2.20. The van der Waals surface area contributed by atoms with Crippen molar-refractivity contribution in [3.63, 3.8) is 0 Å². The first kappa shape index (κ1) is 12.9. The zero-order chi connectivity index (χ0) is 14.1. The Labute approximate surface area is 125 Å². The van der Waals surface area contributed by atoms with E-state index >= 15 is 0 Å². The first-order chi connectivity index (χ1) is 9.72. The summed E-state index contributed by atoms with van der Waals surface area (Å²) in [6, 6.07) is 6.03. The fourth-order valence-electron chi connectivity index (χ4n) is 2.11. The average Bonchev–Trinajstić information content (AvgIpc) is 3.03. The van der Waals surface area contributed by atoms with Crippen molar-refractivity contribution in [2.45, 2.75) is 6.92 Å². The van der Waals surface area contributed by atoms with Gasteiger partial charge in [-0.15, -0.1) is 11.3 Å². The summed E-state index contributed by atoms with van der Waals surface area (Å²) in [6.45, 7) is 2.07. The summed E-state index contributed by atoms with van der Waals surface area (Å²) in [5.74, 6) is 0. The Kier molecular flexibility index (Phi) is 3.26. The third-order valence-corrected chi connectivity index (χ3v) is 5.12. The van der Waals surface area contributed by atoms with Crippen LogP contribution in [0.5, 0.6) is 0 Å². The Morgan fingerprint density at radius 1 is 1.25 bits per heavy atom. The van der Waals surface area contributed by atoms with E-state index in [9.17, 15) is 5.26 Å². The van der Waals surface area contributed by atoms with Crippen molar-refractivity contribution in [3.05, 3.63) is 45.7 Å². The zero-order valence-electron chi connectivity index (χ0n) is 10.8. The Hall–Kier alpha value is -2.16. The van der Waals surface area contributed by atoms with Crippen LogP contribution in [0.1, 0.15) is 10.4 Å². The molecule has 5 heteroatoms. The number of thiophene rings is 2. The van der Waals surface area contributed by atoms with Crippen LogP contribution in [0.25, 0.3) is 21.6 Å². The number of nitriles is 1. The molecule has 0 saturated heterocycles. The lowest BCUT2D eigenvalue weighted by Crippen LogP contribution is -1.89. The Morgan fingerprint density at radius 2 is 2.00 bits per heavy atom. The molecule has 3 aromatic heterocycles. The Morgan fingerprint density at radius 3 is 2.60 bits per heavy atom. The average molecular weight is 297 g/mol. The van der Waals surface area contributed by atoms with Crippen LogP contribution in [-0.4, -0.2) is 4.98 Å². The van der Waals surface area contributed by atoms with Gasteiger partial charge in [-0.3, -0.25) is 4.98 Å². The Bertz CT molecular complexity index is 794. The second-order valence-corrected chi connectivity index (χ2v) is 6.13.